The number of nitrogens with one attached hydrogen (secondary N) is 4. The Labute approximate surface area is 414 Å². The van der Waals surface area contributed by atoms with Gasteiger partial charge in [0.15, 0.2) is 34.0 Å². The maximum absolute atomic E-state index is 9.55. The Bertz CT molecular complexity index is 2570. The molecule has 376 valence electrons. The summed E-state index contributed by atoms with van der Waals surface area (Å²) in [6.07, 6.45) is 22.3. The molecule has 2 aromatic carbocycles. The van der Waals surface area contributed by atoms with E-state index in [4.69, 9.17) is 38.8 Å². The summed E-state index contributed by atoms with van der Waals surface area (Å²) in [5, 5.41) is 23.6. The number of benzene rings is 2. The normalized spacial score (nSPS) is 19.6. The SMILES string of the molecule is CC(C)[Si](Oc1ccc(Nc2nc(NC3CCCCC3)c3ncn(C4CCCCO4)c3n2)cc1)(C(C)C)C(C)C.Oc1ccc(Nc2nc(NC3CCCCC3)c3ncn(C4CCCCO4)c3n2)cc1. The fraction of sp³-hybridized carbons (Fsp3) is 0.585. The summed E-state index contributed by atoms with van der Waals surface area (Å²) < 4.78 is 23.1. The molecule has 17 heteroatoms. The van der Waals surface area contributed by atoms with Gasteiger partial charge >= 0.3 is 0 Å². The lowest BCUT2D eigenvalue weighted by molar-refractivity contribution is -0.0299. The van der Waals surface area contributed by atoms with Gasteiger partial charge in [-0.1, -0.05) is 80.1 Å². The van der Waals surface area contributed by atoms with Gasteiger partial charge in [0.2, 0.25) is 11.9 Å². The molecule has 2 saturated carbocycles. The van der Waals surface area contributed by atoms with Crippen LogP contribution in [0.2, 0.25) is 16.6 Å². The molecule has 70 heavy (non-hydrogen) atoms. The van der Waals surface area contributed by atoms with Crippen molar-refractivity contribution < 1.29 is 19.0 Å². The molecule has 4 aliphatic rings. The number of fused-ring (bicyclic) bond motifs is 2. The number of nitrogens with zero attached hydrogens (tertiary/aromatic N) is 8. The maximum atomic E-state index is 9.55. The molecule has 0 spiro atoms. The third-order valence-corrected chi connectivity index (χ3v) is 20.9. The van der Waals surface area contributed by atoms with E-state index in [2.05, 4.69) is 96.6 Å². The molecule has 2 aliphatic heterocycles. The fourth-order valence-corrected chi connectivity index (χ4v) is 16.6. The summed E-state index contributed by atoms with van der Waals surface area (Å²) in [5.41, 5.74) is 6.51. The predicted molar refractivity (Wildman–Crippen MR) is 282 cm³/mol. The van der Waals surface area contributed by atoms with Crippen LogP contribution in [0.5, 0.6) is 11.5 Å². The van der Waals surface area contributed by atoms with E-state index in [0.717, 1.165) is 129 Å². The summed E-state index contributed by atoms with van der Waals surface area (Å²) in [6, 6.07) is 16.0. The van der Waals surface area contributed by atoms with E-state index in [1.807, 2.05) is 17.2 Å². The highest BCUT2D eigenvalue weighted by molar-refractivity contribution is 6.78. The first-order chi connectivity index (χ1) is 34.0. The van der Waals surface area contributed by atoms with E-state index in [-0.39, 0.29) is 18.2 Å². The molecule has 10 rings (SSSR count). The van der Waals surface area contributed by atoms with Crippen molar-refractivity contribution >= 4 is 65.6 Å². The number of imidazole rings is 2. The number of hydrogen-bond donors (Lipinski definition) is 5. The Morgan fingerprint density at radius 1 is 0.543 bits per heavy atom. The zero-order valence-electron chi connectivity index (χ0n) is 42.3. The lowest BCUT2D eigenvalue weighted by atomic mass is 9.95. The van der Waals surface area contributed by atoms with Gasteiger partial charge in [-0.3, -0.25) is 9.13 Å². The number of hydrogen-bond acceptors (Lipinski definition) is 14. The van der Waals surface area contributed by atoms with Crippen LogP contribution in [0, 0.1) is 0 Å². The Kier molecular flexibility index (Phi) is 16.0. The number of aromatic nitrogens is 8. The first-order valence-electron chi connectivity index (χ1n) is 26.4. The number of phenolic OH excluding ortho intramolecular Hbond substituents is 1. The topological polar surface area (TPSA) is 183 Å². The molecule has 5 N–H and O–H groups in total. The molecule has 2 unspecified atom stereocenters. The standard InChI is InChI=1S/C31H48N6O2Si.C22H28N6O2/c1-21(2)40(22(3)4,23(5)6)39-26-17-15-25(16-18-26)34-31-35-29(33-24-12-8-7-9-13-24)28-30(36-31)37(20-32-28)27-14-10-11-19-38-27;29-17-11-9-16(10-12-17)25-22-26-20(24-15-6-2-1-3-7-15)19-21(27-22)28(14-23-19)18-8-4-5-13-30-18/h15-18,20-24,27H,7-14,19H2,1-6H3,(H2,33,34,35,36);9-12,14-15,18,29H,1-8,13H2,(H2,24,25,26,27). The highest BCUT2D eigenvalue weighted by atomic mass is 28.4. The third-order valence-electron chi connectivity index (χ3n) is 14.9. The van der Waals surface area contributed by atoms with Crippen molar-refractivity contribution in [1.82, 2.24) is 39.0 Å². The van der Waals surface area contributed by atoms with Crippen LogP contribution >= 0.6 is 0 Å². The number of rotatable bonds is 15. The first-order valence-corrected chi connectivity index (χ1v) is 28.6. The maximum Gasteiger partial charge on any atom is 0.258 e. The van der Waals surface area contributed by atoms with E-state index < -0.39 is 8.32 Å². The van der Waals surface area contributed by atoms with E-state index >= 15 is 0 Å². The lowest BCUT2D eigenvalue weighted by Gasteiger charge is -2.42. The van der Waals surface area contributed by atoms with Gasteiger partial charge in [0.1, 0.15) is 24.0 Å². The minimum Gasteiger partial charge on any atom is -0.543 e. The van der Waals surface area contributed by atoms with Gasteiger partial charge in [0.25, 0.3) is 8.32 Å². The molecule has 4 fully saturated rings. The molecule has 2 atom stereocenters. The second-order valence-corrected chi connectivity index (χ2v) is 26.2. The first kappa shape index (κ1) is 49.5. The molecule has 2 aliphatic carbocycles. The smallest absolute Gasteiger partial charge is 0.258 e. The Hall–Kier alpha value is -5.52. The number of aromatic hydroxyl groups is 1. The van der Waals surface area contributed by atoms with Crippen LogP contribution in [0.25, 0.3) is 22.3 Å². The van der Waals surface area contributed by atoms with Crippen molar-refractivity contribution in [3.63, 3.8) is 0 Å². The summed E-state index contributed by atoms with van der Waals surface area (Å²) in [6.45, 7) is 15.4. The van der Waals surface area contributed by atoms with Gasteiger partial charge in [-0.25, -0.2) is 9.97 Å². The van der Waals surface area contributed by atoms with Crippen LogP contribution < -0.4 is 25.7 Å². The molecule has 0 bridgehead atoms. The van der Waals surface area contributed by atoms with Gasteiger partial charge in [0, 0.05) is 36.7 Å². The Balaban J connectivity index is 0.000000181. The van der Waals surface area contributed by atoms with Gasteiger partial charge in [-0.2, -0.15) is 19.9 Å². The summed E-state index contributed by atoms with van der Waals surface area (Å²) in [4.78, 5) is 28.8. The predicted octanol–water partition coefficient (Wildman–Crippen LogP) is 13.3. The monoisotopic (exact) mass is 973 g/mol. The van der Waals surface area contributed by atoms with Crippen LogP contribution in [0.15, 0.2) is 61.2 Å². The number of phenols is 1. The van der Waals surface area contributed by atoms with Gasteiger partial charge in [-0.05, 0) is 129 Å². The third kappa shape index (κ3) is 11.5. The molecule has 0 radical (unpaired) electrons. The molecule has 6 aromatic rings. The van der Waals surface area contributed by atoms with Crippen LogP contribution in [-0.2, 0) is 9.47 Å². The summed E-state index contributed by atoms with van der Waals surface area (Å²) in [5.74, 6) is 3.80. The zero-order chi connectivity index (χ0) is 48.6. The minimum atomic E-state index is -2.01. The van der Waals surface area contributed by atoms with E-state index in [1.165, 1.54) is 38.5 Å². The van der Waals surface area contributed by atoms with Crippen molar-refractivity contribution in [2.45, 2.75) is 185 Å². The van der Waals surface area contributed by atoms with E-state index in [0.29, 0.717) is 40.6 Å². The van der Waals surface area contributed by atoms with Crippen molar-refractivity contribution in [2.75, 3.05) is 34.5 Å². The molecule has 4 aromatic heterocycles. The minimum absolute atomic E-state index is 0.0345. The summed E-state index contributed by atoms with van der Waals surface area (Å²) in [7, 11) is -2.01. The van der Waals surface area contributed by atoms with E-state index in [1.54, 1.807) is 24.3 Å². The second kappa shape index (κ2) is 22.7. The highest BCUT2D eigenvalue weighted by Crippen LogP contribution is 2.43. The van der Waals surface area contributed by atoms with E-state index in [9.17, 15) is 5.11 Å². The van der Waals surface area contributed by atoms with Gasteiger partial charge < -0.3 is 40.3 Å². The zero-order valence-corrected chi connectivity index (χ0v) is 43.3. The lowest BCUT2D eigenvalue weighted by Crippen LogP contribution is -2.50. The number of anilines is 6. The van der Waals surface area contributed by atoms with Crippen molar-refractivity contribution in [3.8, 4) is 11.5 Å². The van der Waals surface area contributed by atoms with Crippen molar-refractivity contribution in [3.05, 3.63) is 61.2 Å². The Morgan fingerprint density at radius 3 is 1.36 bits per heavy atom. The summed E-state index contributed by atoms with van der Waals surface area (Å²) >= 11 is 0. The second-order valence-electron chi connectivity index (χ2n) is 20.8. The fourth-order valence-electron chi connectivity index (χ4n) is 11.3. The Morgan fingerprint density at radius 2 is 0.957 bits per heavy atom. The average molecular weight is 973 g/mol. The highest BCUT2D eigenvalue weighted by Gasteiger charge is 2.47. The largest absolute Gasteiger partial charge is 0.543 e. The molecule has 6 heterocycles. The molecule has 16 nitrogen and oxygen atoms in total. The molecular formula is C53H76N12O4Si. The van der Waals surface area contributed by atoms with Crippen LogP contribution in [-0.4, -0.2) is 77.8 Å². The molecule has 2 saturated heterocycles. The van der Waals surface area contributed by atoms with Gasteiger partial charge in [0.05, 0.1) is 12.7 Å². The van der Waals surface area contributed by atoms with Crippen molar-refractivity contribution in [1.29, 1.82) is 0 Å². The molecular weight excluding hydrogens is 897 g/mol. The van der Waals surface area contributed by atoms with Crippen LogP contribution in [0.3, 0.4) is 0 Å². The van der Waals surface area contributed by atoms with Crippen LogP contribution in [0.1, 0.15) is 157 Å². The van der Waals surface area contributed by atoms with Crippen LogP contribution in [0.4, 0.5) is 34.9 Å². The average Bonchev–Trinajstić information content (AvgIpc) is 4.01. The van der Waals surface area contributed by atoms with Gasteiger partial charge in [-0.15, -0.1) is 0 Å². The van der Waals surface area contributed by atoms with Crippen molar-refractivity contribution in [2.24, 2.45) is 0 Å². The quantitative estimate of drug-likeness (QED) is 0.0484. The number of ether oxygens (including phenoxy) is 2. The molecule has 0 amide bonds.